The van der Waals surface area contributed by atoms with Crippen LogP contribution in [0.15, 0.2) is 42.0 Å². The molecule has 1 aromatic carbocycles. The van der Waals surface area contributed by atoms with Crippen LogP contribution in [0.25, 0.3) is 0 Å². The maximum atomic E-state index is 10.1. The maximum Gasteiger partial charge on any atom is 0.175 e. The van der Waals surface area contributed by atoms with Crippen molar-refractivity contribution in [1.82, 2.24) is 4.90 Å². The third-order valence-electron chi connectivity index (χ3n) is 6.40. The van der Waals surface area contributed by atoms with Gasteiger partial charge in [0.25, 0.3) is 0 Å². The molecule has 24 heavy (non-hydrogen) atoms. The lowest BCUT2D eigenvalue weighted by Gasteiger charge is -2.38. The summed E-state index contributed by atoms with van der Waals surface area (Å²) in [5.41, 5.74) is 2.62. The van der Waals surface area contributed by atoms with E-state index in [1.807, 2.05) is 6.08 Å². The molecule has 2 saturated heterocycles. The molecular weight excluding hydrogens is 318 g/mol. The molecule has 2 unspecified atom stereocenters. The van der Waals surface area contributed by atoms with E-state index in [0.29, 0.717) is 17.3 Å². The van der Waals surface area contributed by atoms with Crippen molar-refractivity contribution in [3.63, 3.8) is 0 Å². The smallest absolute Gasteiger partial charge is 0.175 e. The van der Waals surface area contributed by atoms with Gasteiger partial charge in [-0.05, 0) is 49.4 Å². The third-order valence-corrected chi connectivity index (χ3v) is 7.81. The van der Waals surface area contributed by atoms with E-state index in [2.05, 4.69) is 47.0 Å². The molecule has 0 aromatic heterocycles. The standard InChI is InChI=1S/C20H25NO2S/c22-19-11-15-10-17(24-13-14-6-2-1-3-7-14)16-12-20(15,23-19)18-8-4-5-9-21(16)18/h1-3,6-7,11,16-19,22H,4-5,8-10,12-13H2/t16-,17?,18+,19?,20-/m0/s1. The van der Waals surface area contributed by atoms with Crippen LogP contribution < -0.4 is 0 Å². The number of nitrogens with zero attached hydrogens (tertiary/aromatic N) is 1. The molecule has 0 amide bonds. The molecule has 3 fully saturated rings. The molecule has 3 heterocycles. The van der Waals surface area contributed by atoms with Gasteiger partial charge in [0.1, 0.15) is 5.60 Å². The second-order valence-corrected chi connectivity index (χ2v) is 8.88. The highest BCUT2D eigenvalue weighted by Gasteiger charge is 2.62. The van der Waals surface area contributed by atoms with E-state index in [9.17, 15) is 5.11 Å². The van der Waals surface area contributed by atoms with E-state index in [-0.39, 0.29) is 5.60 Å². The molecule has 5 atom stereocenters. The Labute approximate surface area is 148 Å². The van der Waals surface area contributed by atoms with Gasteiger partial charge >= 0.3 is 0 Å². The summed E-state index contributed by atoms with van der Waals surface area (Å²) in [4.78, 5) is 2.73. The van der Waals surface area contributed by atoms with E-state index < -0.39 is 6.29 Å². The van der Waals surface area contributed by atoms with E-state index in [0.717, 1.165) is 18.6 Å². The van der Waals surface area contributed by atoms with Crippen LogP contribution in [-0.4, -0.2) is 45.8 Å². The van der Waals surface area contributed by atoms with Crippen LogP contribution in [0.2, 0.25) is 0 Å². The zero-order valence-electron chi connectivity index (χ0n) is 13.9. The molecule has 1 aliphatic carbocycles. The predicted octanol–water partition coefficient (Wildman–Crippen LogP) is 3.33. The van der Waals surface area contributed by atoms with Crippen molar-refractivity contribution in [2.24, 2.45) is 0 Å². The molecule has 5 rings (SSSR count). The molecule has 4 heteroatoms. The first-order valence-electron chi connectivity index (χ1n) is 9.25. The summed E-state index contributed by atoms with van der Waals surface area (Å²) >= 11 is 2.09. The van der Waals surface area contributed by atoms with Crippen molar-refractivity contribution in [1.29, 1.82) is 0 Å². The summed E-state index contributed by atoms with van der Waals surface area (Å²) < 4.78 is 6.14. The van der Waals surface area contributed by atoms with E-state index in [4.69, 9.17) is 4.74 Å². The summed E-state index contributed by atoms with van der Waals surface area (Å²) in [6, 6.07) is 11.9. The molecular formula is C20H25NO2S. The zero-order chi connectivity index (χ0) is 16.1. The number of piperidine rings is 1. The second kappa shape index (κ2) is 5.87. The highest BCUT2D eigenvalue weighted by Crippen LogP contribution is 2.56. The molecule has 1 spiro atoms. The van der Waals surface area contributed by atoms with Crippen LogP contribution in [0, 0.1) is 0 Å². The minimum absolute atomic E-state index is 0.172. The highest BCUT2D eigenvalue weighted by molar-refractivity contribution is 7.99. The molecule has 1 N–H and O–H groups in total. The van der Waals surface area contributed by atoms with Crippen LogP contribution in [0.4, 0.5) is 0 Å². The Kier molecular flexibility index (Phi) is 3.78. The number of thioether (sulfide) groups is 1. The van der Waals surface area contributed by atoms with Crippen LogP contribution in [0.3, 0.4) is 0 Å². The van der Waals surface area contributed by atoms with Gasteiger partial charge in [-0.2, -0.15) is 11.8 Å². The first-order chi connectivity index (χ1) is 11.8. The lowest BCUT2D eigenvalue weighted by atomic mass is 9.77. The molecule has 1 aromatic rings. The minimum Gasteiger partial charge on any atom is -0.365 e. The summed E-state index contributed by atoms with van der Waals surface area (Å²) in [7, 11) is 0. The maximum absolute atomic E-state index is 10.1. The zero-order valence-corrected chi connectivity index (χ0v) is 14.8. The minimum atomic E-state index is -0.694. The normalized spacial score (nSPS) is 41.0. The van der Waals surface area contributed by atoms with Crippen molar-refractivity contribution < 1.29 is 9.84 Å². The van der Waals surface area contributed by atoms with Gasteiger partial charge in [0.05, 0.1) is 0 Å². The van der Waals surface area contributed by atoms with E-state index in [1.54, 1.807) is 0 Å². The number of hydrogen-bond acceptors (Lipinski definition) is 4. The van der Waals surface area contributed by atoms with Gasteiger partial charge < -0.3 is 9.84 Å². The van der Waals surface area contributed by atoms with Gasteiger partial charge in [-0.15, -0.1) is 0 Å². The van der Waals surface area contributed by atoms with Gasteiger partial charge in [-0.3, -0.25) is 4.90 Å². The number of aliphatic hydroxyl groups excluding tert-OH is 1. The summed E-state index contributed by atoms with van der Waals surface area (Å²) in [6.45, 7) is 1.20. The second-order valence-electron chi connectivity index (χ2n) is 7.65. The van der Waals surface area contributed by atoms with Crippen LogP contribution in [-0.2, 0) is 10.5 Å². The fourth-order valence-electron chi connectivity index (χ4n) is 5.41. The Morgan fingerprint density at radius 2 is 2.12 bits per heavy atom. The van der Waals surface area contributed by atoms with Crippen molar-refractivity contribution in [3.05, 3.63) is 47.5 Å². The number of rotatable bonds is 3. The SMILES string of the molecule is OC1C=C2CC(SCc3ccccc3)[C@@H]3C[C@@]2(O1)[C@H]1CCCCN31. The average Bonchev–Trinajstić information content (AvgIpc) is 3.09. The largest absolute Gasteiger partial charge is 0.365 e. The van der Waals surface area contributed by atoms with Crippen molar-refractivity contribution in [3.8, 4) is 0 Å². The fourth-order valence-corrected chi connectivity index (χ4v) is 6.78. The van der Waals surface area contributed by atoms with E-state index in [1.165, 1.54) is 36.9 Å². The number of hydrogen-bond donors (Lipinski definition) is 1. The monoisotopic (exact) mass is 343 g/mol. The number of benzene rings is 1. The van der Waals surface area contributed by atoms with Crippen LogP contribution in [0.5, 0.6) is 0 Å². The Balaban J connectivity index is 1.41. The number of ether oxygens (including phenoxy) is 1. The fraction of sp³-hybridized carbons (Fsp3) is 0.600. The lowest BCUT2D eigenvalue weighted by Crippen LogP contribution is -2.48. The van der Waals surface area contributed by atoms with Gasteiger partial charge in [0, 0.05) is 23.1 Å². The molecule has 0 radical (unpaired) electrons. The molecule has 3 nitrogen and oxygen atoms in total. The molecule has 3 aliphatic heterocycles. The van der Waals surface area contributed by atoms with Crippen LogP contribution in [0.1, 0.15) is 37.7 Å². The summed E-state index contributed by atoms with van der Waals surface area (Å²) in [5.74, 6) is 1.07. The predicted molar refractivity (Wildman–Crippen MR) is 96.8 cm³/mol. The summed E-state index contributed by atoms with van der Waals surface area (Å²) in [6.07, 6.45) is 7.28. The first-order valence-corrected chi connectivity index (χ1v) is 10.3. The van der Waals surface area contributed by atoms with Crippen molar-refractivity contribution in [2.75, 3.05) is 6.54 Å². The number of fused-ring (bicyclic) bond motifs is 3. The third kappa shape index (κ3) is 2.31. The number of aliphatic hydroxyl groups is 1. The molecule has 4 aliphatic rings. The lowest BCUT2D eigenvalue weighted by molar-refractivity contribution is -0.139. The topological polar surface area (TPSA) is 32.7 Å². The van der Waals surface area contributed by atoms with Gasteiger partial charge in [0.2, 0.25) is 0 Å². The molecule has 128 valence electrons. The Morgan fingerprint density at radius 1 is 1.25 bits per heavy atom. The van der Waals surface area contributed by atoms with Gasteiger partial charge in [-0.1, -0.05) is 36.8 Å². The van der Waals surface area contributed by atoms with Gasteiger partial charge in [0.15, 0.2) is 6.29 Å². The molecule has 1 saturated carbocycles. The van der Waals surface area contributed by atoms with Crippen molar-refractivity contribution >= 4 is 11.8 Å². The van der Waals surface area contributed by atoms with Crippen LogP contribution >= 0.6 is 11.8 Å². The van der Waals surface area contributed by atoms with E-state index >= 15 is 0 Å². The van der Waals surface area contributed by atoms with Crippen molar-refractivity contribution in [2.45, 2.75) is 67.1 Å². The quantitative estimate of drug-likeness (QED) is 0.854. The first kappa shape index (κ1) is 15.4. The molecule has 2 bridgehead atoms. The highest BCUT2D eigenvalue weighted by atomic mass is 32.2. The summed E-state index contributed by atoms with van der Waals surface area (Å²) in [5, 5.41) is 10.7. The Hall–Kier alpha value is -0.810. The Bertz CT molecular complexity index is 648. The van der Waals surface area contributed by atoms with Gasteiger partial charge in [-0.25, -0.2) is 0 Å². The Morgan fingerprint density at radius 3 is 3.00 bits per heavy atom. The average molecular weight is 343 g/mol.